The third-order valence-electron chi connectivity index (χ3n) is 2.76. The molecule has 0 aliphatic heterocycles. The smallest absolute Gasteiger partial charge is 0.309 e. The van der Waals surface area contributed by atoms with Crippen LogP contribution in [0, 0.1) is 5.41 Å². The Morgan fingerprint density at radius 3 is 2.53 bits per heavy atom. The Labute approximate surface area is 99.3 Å². The molecule has 0 bridgehead atoms. The molecule has 0 radical (unpaired) electrons. The molecule has 0 saturated heterocycles. The van der Waals surface area contributed by atoms with Crippen LogP contribution in [0.3, 0.4) is 0 Å². The molecule has 4 heteroatoms. The number of aliphatic carboxylic acids is 1. The van der Waals surface area contributed by atoms with Gasteiger partial charge in [-0.1, -0.05) is 6.07 Å². The molecule has 0 saturated carbocycles. The molecule has 4 nitrogen and oxygen atoms in total. The Balaban J connectivity index is 2.34. The normalized spacial score (nSPS) is 11.6. The summed E-state index contributed by atoms with van der Waals surface area (Å²) in [6.45, 7) is 3.44. The quantitative estimate of drug-likeness (QED) is 0.878. The summed E-state index contributed by atoms with van der Waals surface area (Å²) in [4.78, 5) is 19.4. The Bertz CT molecular complexity index is 564. The third-order valence-corrected chi connectivity index (χ3v) is 2.76. The van der Waals surface area contributed by atoms with Crippen molar-refractivity contribution in [1.29, 1.82) is 0 Å². The summed E-state index contributed by atoms with van der Waals surface area (Å²) in [5.74, 6) is -0.795. The summed E-state index contributed by atoms with van der Waals surface area (Å²) < 4.78 is 0. The minimum atomic E-state index is -0.795. The fourth-order valence-electron chi connectivity index (χ4n) is 1.70. The molecule has 0 fully saturated rings. The minimum absolute atomic E-state index is 0.481. The predicted molar refractivity (Wildman–Crippen MR) is 64.7 cm³/mol. The topological polar surface area (TPSA) is 63.1 Å². The number of fused-ring (bicyclic) bond motifs is 1. The highest BCUT2D eigenvalue weighted by atomic mass is 16.4. The number of benzene rings is 1. The summed E-state index contributed by atoms with van der Waals surface area (Å²) in [6, 6.07) is 5.67. The monoisotopic (exact) mass is 230 g/mol. The van der Waals surface area contributed by atoms with Crippen LogP contribution in [0.2, 0.25) is 0 Å². The number of carboxylic acid groups (broad SMARTS) is 1. The van der Waals surface area contributed by atoms with Gasteiger partial charge in [0, 0.05) is 12.4 Å². The highest BCUT2D eigenvalue weighted by molar-refractivity contribution is 5.76. The largest absolute Gasteiger partial charge is 0.481 e. The van der Waals surface area contributed by atoms with Gasteiger partial charge in [0.2, 0.25) is 0 Å². The fraction of sp³-hybridized carbons (Fsp3) is 0.308. The standard InChI is InChI=1S/C13H14N2O2/c1-13(2,12(16)17)8-9-3-4-10-11(7-9)15-6-5-14-10/h3-7H,8H2,1-2H3,(H,16,17). The first-order valence-corrected chi connectivity index (χ1v) is 5.42. The number of carbonyl (C=O) groups is 1. The van der Waals surface area contributed by atoms with Gasteiger partial charge in [-0.15, -0.1) is 0 Å². The van der Waals surface area contributed by atoms with E-state index in [1.165, 1.54) is 0 Å². The van der Waals surface area contributed by atoms with Crippen LogP contribution in [0.1, 0.15) is 19.4 Å². The van der Waals surface area contributed by atoms with Gasteiger partial charge in [-0.05, 0) is 38.0 Å². The van der Waals surface area contributed by atoms with E-state index in [4.69, 9.17) is 5.11 Å². The van der Waals surface area contributed by atoms with Crippen molar-refractivity contribution < 1.29 is 9.90 Å². The number of carboxylic acids is 1. The fourth-order valence-corrected chi connectivity index (χ4v) is 1.70. The molecule has 0 atom stereocenters. The maximum absolute atomic E-state index is 11.1. The van der Waals surface area contributed by atoms with Crippen LogP contribution in [0.15, 0.2) is 30.6 Å². The van der Waals surface area contributed by atoms with Crippen molar-refractivity contribution in [1.82, 2.24) is 9.97 Å². The molecule has 88 valence electrons. The van der Waals surface area contributed by atoms with Crippen LogP contribution in [0.4, 0.5) is 0 Å². The lowest BCUT2D eigenvalue weighted by Gasteiger charge is -2.18. The maximum atomic E-state index is 11.1. The van der Waals surface area contributed by atoms with E-state index >= 15 is 0 Å². The highest BCUT2D eigenvalue weighted by Crippen LogP contribution is 2.23. The van der Waals surface area contributed by atoms with Crippen LogP contribution in [0.5, 0.6) is 0 Å². The van der Waals surface area contributed by atoms with Crippen molar-refractivity contribution in [2.24, 2.45) is 5.41 Å². The summed E-state index contributed by atoms with van der Waals surface area (Å²) in [6.07, 6.45) is 3.76. The zero-order valence-corrected chi connectivity index (χ0v) is 9.84. The second-order valence-corrected chi connectivity index (χ2v) is 4.75. The average molecular weight is 230 g/mol. The third kappa shape index (κ3) is 2.41. The van der Waals surface area contributed by atoms with E-state index in [0.717, 1.165) is 16.6 Å². The molecule has 0 amide bonds. The van der Waals surface area contributed by atoms with Gasteiger partial charge in [-0.3, -0.25) is 14.8 Å². The molecular formula is C13H14N2O2. The van der Waals surface area contributed by atoms with Crippen LogP contribution in [-0.4, -0.2) is 21.0 Å². The van der Waals surface area contributed by atoms with Crippen LogP contribution < -0.4 is 0 Å². The van der Waals surface area contributed by atoms with E-state index in [9.17, 15) is 4.79 Å². The second kappa shape index (κ2) is 4.13. The summed E-state index contributed by atoms with van der Waals surface area (Å²) >= 11 is 0. The van der Waals surface area contributed by atoms with Crippen molar-refractivity contribution in [3.63, 3.8) is 0 Å². The Kier molecular flexibility index (Phi) is 2.79. The van der Waals surface area contributed by atoms with Gasteiger partial charge >= 0.3 is 5.97 Å². The first-order chi connectivity index (χ1) is 7.99. The summed E-state index contributed by atoms with van der Waals surface area (Å²) in [5, 5.41) is 9.09. The molecule has 1 N–H and O–H groups in total. The summed E-state index contributed by atoms with van der Waals surface area (Å²) in [5.41, 5.74) is 1.82. The number of rotatable bonds is 3. The highest BCUT2D eigenvalue weighted by Gasteiger charge is 2.27. The Morgan fingerprint density at radius 1 is 1.24 bits per heavy atom. The molecular weight excluding hydrogens is 216 g/mol. The molecule has 1 heterocycles. The lowest BCUT2D eigenvalue weighted by atomic mass is 9.86. The van der Waals surface area contributed by atoms with E-state index in [0.29, 0.717) is 6.42 Å². The number of nitrogens with zero attached hydrogens (tertiary/aromatic N) is 2. The molecule has 2 rings (SSSR count). The minimum Gasteiger partial charge on any atom is -0.481 e. The molecule has 0 unspecified atom stereocenters. The van der Waals surface area contributed by atoms with Crippen molar-refractivity contribution >= 4 is 17.0 Å². The molecule has 1 aromatic carbocycles. The molecule has 2 aromatic rings. The van der Waals surface area contributed by atoms with E-state index in [1.807, 2.05) is 18.2 Å². The van der Waals surface area contributed by atoms with Crippen molar-refractivity contribution in [3.8, 4) is 0 Å². The van der Waals surface area contributed by atoms with E-state index in [2.05, 4.69) is 9.97 Å². The van der Waals surface area contributed by atoms with Gasteiger partial charge < -0.3 is 5.11 Å². The molecule has 0 aliphatic carbocycles. The Hall–Kier alpha value is -1.97. The first kappa shape index (κ1) is 11.5. The molecule has 1 aromatic heterocycles. The van der Waals surface area contributed by atoms with Crippen molar-refractivity contribution in [2.75, 3.05) is 0 Å². The van der Waals surface area contributed by atoms with Crippen molar-refractivity contribution in [3.05, 3.63) is 36.2 Å². The van der Waals surface area contributed by atoms with Crippen LogP contribution in [-0.2, 0) is 11.2 Å². The van der Waals surface area contributed by atoms with Crippen molar-refractivity contribution in [2.45, 2.75) is 20.3 Å². The van der Waals surface area contributed by atoms with E-state index in [-0.39, 0.29) is 0 Å². The first-order valence-electron chi connectivity index (χ1n) is 5.42. The second-order valence-electron chi connectivity index (χ2n) is 4.75. The van der Waals surface area contributed by atoms with E-state index in [1.54, 1.807) is 26.2 Å². The van der Waals surface area contributed by atoms with Gasteiger partial charge in [0.15, 0.2) is 0 Å². The summed E-state index contributed by atoms with van der Waals surface area (Å²) in [7, 11) is 0. The SMILES string of the molecule is CC(C)(Cc1ccc2nccnc2c1)C(=O)O. The van der Waals surface area contributed by atoms with Crippen LogP contribution in [0.25, 0.3) is 11.0 Å². The molecule has 0 spiro atoms. The van der Waals surface area contributed by atoms with Crippen LogP contribution >= 0.6 is 0 Å². The van der Waals surface area contributed by atoms with Gasteiger partial charge in [0.05, 0.1) is 16.4 Å². The van der Waals surface area contributed by atoms with Gasteiger partial charge in [0.25, 0.3) is 0 Å². The Morgan fingerprint density at radius 2 is 1.88 bits per heavy atom. The average Bonchev–Trinajstić information content (AvgIpc) is 2.28. The predicted octanol–water partition coefficient (Wildman–Crippen LogP) is 2.28. The van der Waals surface area contributed by atoms with Gasteiger partial charge in [-0.2, -0.15) is 0 Å². The number of aromatic nitrogens is 2. The lowest BCUT2D eigenvalue weighted by Crippen LogP contribution is -2.26. The zero-order valence-electron chi connectivity index (χ0n) is 9.84. The van der Waals surface area contributed by atoms with E-state index < -0.39 is 11.4 Å². The molecule has 0 aliphatic rings. The van der Waals surface area contributed by atoms with Gasteiger partial charge in [-0.25, -0.2) is 0 Å². The number of hydrogen-bond acceptors (Lipinski definition) is 3. The van der Waals surface area contributed by atoms with Gasteiger partial charge in [0.1, 0.15) is 0 Å². The zero-order chi connectivity index (χ0) is 12.5. The molecule has 17 heavy (non-hydrogen) atoms. The number of hydrogen-bond donors (Lipinski definition) is 1. The maximum Gasteiger partial charge on any atom is 0.309 e. The lowest BCUT2D eigenvalue weighted by molar-refractivity contribution is -0.146.